The number of alkyl halides is 1. The van der Waals surface area contributed by atoms with E-state index in [1.165, 1.54) is 6.92 Å². The van der Waals surface area contributed by atoms with E-state index >= 15 is 0 Å². The first kappa shape index (κ1) is 14.0. The molecule has 1 aliphatic rings. The van der Waals surface area contributed by atoms with E-state index in [-0.39, 0.29) is 11.0 Å². The Hall–Kier alpha value is -1.03. The standard InChI is InChI=1S/C6H10ClNO.C4H6O2/c7-5-3-1-2-4-6(5)8-9;1-3(2)4(5)6/h5,9H,1-4H2;1H2,2H3,(H,5,6)/b8-6-;. The first-order valence-corrected chi connectivity index (χ1v) is 5.16. The van der Waals surface area contributed by atoms with Gasteiger partial charge in [-0.05, 0) is 26.2 Å². The summed E-state index contributed by atoms with van der Waals surface area (Å²) in [6, 6.07) is 0. The van der Waals surface area contributed by atoms with Crippen LogP contribution in [0.15, 0.2) is 17.3 Å². The smallest absolute Gasteiger partial charge is 0.330 e. The summed E-state index contributed by atoms with van der Waals surface area (Å²) in [5.41, 5.74) is 0.929. The molecule has 1 fully saturated rings. The van der Waals surface area contributed by atoms with Crippen LogP contribution in [-0.4, -0.2) is 27.4 Å². The maximum Gasteiger partial charge on any atom is 0.330 e. The Morgan fingerprint density at radius 3 is 2.40 bits per heavy atom. The van der Waals surface area contributed by atoms with Crippen molar-refractivity contribution in [2.75, 3.05) is 0 Å². The van der Waals surface area contributed by atoms with Crippen LogP contribution in [0.3, 0.4) is 0 Å². The Labute approximate surface area is 94.2 Å². The van der Waals surface area contributed by atoms with Crippen LogP contribution in [0.25, 0.3) is 0 Å². The molecule has 1 aliphatic carbocycles. The molecule has 86 valence electrons. The van der Waals surface area contributed by atoms with E-state index in [0.29, 0.717) is 0 Å². The Balaban J connectivity index is 0.000000288. The highest BCUT2D eigenvalue weighted by Crippen LogP contribution is 2.19. The van der Waals surface area contributed by atoms with Crippen molar-refractivity contribution in [2.45, 2.75) is 38.0 Å². The Bertz CT molecular complexity index is 251. The van der Waals surface area contributed by atoms with Crippen molar-refractivity contribution in [2.24, 2.45) is 5.16 Å². The van der Waals surface area contributed by atoms with Crippen LogP contribution in [0.1, 0.15) is 32.6 Å². The van der Waals surface area contributed by atoms with Crippen LogP contribution in [0, 0.1) is 0 Å². The van der Waals surface area contributed by atoms with Gasteiger partial charge in [-0.1, -0.05) is 18.2 Å². The normalized spacial score (nSPS) is 22.8. The van der Waals surface area contributed by atoms with Gasteiger partial charge in [-0.25, -0.2) is 4.79 Å². The molecule has 5 heteroatoms. The van der Waals surface area contributed by atoms with Crippen molar-refractivity contribution >= 4 is 23.3 Å². The lowest BCUT2D eigenvalue weighted by Gasteiger charge is -2.15. The number of oxime groups is 1. The van der Waals surface area contributed by atoms with Crippen LogP contribution in [0.4, 0.5) is 0 Å². The lowest BCUT2D eigenvalue weighted by molar-refractivity contribution is -0.132. The minimum Gasteiger partial charge on any atom is -0.478 e. The molecular formula is C10H16ClNO3. The average molecular weight is 234 g/mol. The Morgan fingerprint density at radius 1 is 1.60 bits per heavy atom. The van der Waals surface area contributed by atoms with Gasteiger partial charge in [0.05, 0.1) is 11.1 Å². The van der Waals surface area contributed by atoms with Gasteiger partial charge in [-0.3, -0.25) is 0 Å². The summed E-state index contributed by atoms with van der Waals surface area (Å²) in [7, 11) is 0. The number of rotatable bonds is 1. The quantitative estimate of drug-likeness (QED) is 0.317. The van der Waals surface area contributed by atoms with Crippen LogP contribution >= 0.6 is 11.6 Å². The first-order chi connectivity index (χ1) is 6.99. The van der Waals surface area contributed by atoms with E-state index in [0.717, 1.165) is 31.4 Å². The van der Waals surface area contributed by atoms with Crippen LogP contribution in [0.2, 0.25) is 0 Å². The summed E-state index contributed by atoms with van der Waals surface area (Å²) in [4.78, 5) is 9.60. The third-order valence-corrected chi connectivity index (χ3v) is 2.47. The SMILES string of the molecule is C=C(C)C(=O)O.O/N=C1/CCCCC1Cl. The lowest BCUT2D eigenvalue weighted by Crippen LogP contribution is -2.18. The molecule has 0 amide bonds. The van der Waals surface area contributed by atoms with Gasteiger partial charge in [0, 0.05) is 5.57 Å². The topological polar surface area (TPSA) is 69.9 Å². The number of aliphatic carboxylic acids is 1. The third-order valence-electron chi connectivity index (χ3n) is 2.00. The zero-order chi connectivity index (χ0) is 11.8. The molecule has 15 heavy (non-hydrogen) atoms. The largest absolute Gasteiger partial charge is 0.478 e. The summed E-state index contributed by atoms with van der Waals surface area (Å²) < 4.78 is 0. The van der Waals surface area contributed by atoms with E-state index < -0.39 is 5.97 Å². The molecule has 1 unspecified atom stereocenters. The van der Waals surface area contributed by atoms with Gasteiger partial charge >= 0.3 is 5.97 Å². The molecule has 0 aromatic rings. The van der Waals surface area contributed by atoms with Crippen molar-refractivity contribution in [1.29, 1.82) is 0 Å². The van der Waals surface area contributed by atoms with E-state index in [2.05, 4.69) is 11.7 Å². The fourth-order valence-corrected chi connectivity index (χ4v) is 1.37. The van der Waals surface area contributed by atoms with Gasteiger partial charge < -0.3 is 10.3 Å². The van der Waals surface area contributed by atoms with Gasteiger partial charge in [0.2, 0.25) is 0 Å². The number of carbonyl (C=O) groups is 1. The fraction of sp³-hybridized carbons (Fsp3) is 0.600. The highest BCUT2D eigenvalue weighted by Gasteiger charge is 2.17. The highest BCUT2D eigenvalue weighted by molar-refractivity contribution is 6.32. The molecular weight excluding hydrogens is 218 g/mol. The maximum absolute atomic E-state index is 9.60. The molecule has 1 atom stereocenters. The number of carboxylic acids is 1. The van der Waals surface area contributed by atoms with E-state index in [9.17, 15) is 4.79 Å². The predicted molar refractivity (Wildman–Crippen MR) is 59.8 cm³/mol. The number of hydrogen-bond donors (Lipinski definition) is 2. The van der Waals surface area contributed by atoms with Crippen molar-refractivity contribution in [3.05, 3.63) is 12.2 Å². The summed E-state index contributed by atoms with van der Waals surface area (Å²) in [6.45, 7) is 4.60. The molecule has 0 saturated heterocycles. The van der Waals surface area contributed by atoms with Gasteiger partial charge in [0.15, 0.2) is 0 Å². The van der Waals surface area contributed by atoms with Gasteiger partial charge in [0.1, 0.15) is 0 Å². The summed E-state index contributed by atoms with van der Waals surface area (Å²) >= 11 is 5.79. The molecule has 0 aromatic heterocycles. The molecule has 0 bridgehead atoms. The van der Waals surface area contributed by atoms with Crippen molar-refractivity contribution < 1.29 is 15.1 Å². The second kappa shape index (κ2) is 7.29. The number of carboxylic acid groups (broad SMARTS) is 1. The third kappa shape index (κ3) is 6.12. The zero-order valence-electron chi connectivity index (χ0n) is 8.74. The van der Waals surface area contributed by atoms with Gasteiger partial charge in [0.25, 0.3) is 0 Å². The first-order valence-electron chi connectivity index (χ1n) is 4.72. The summed E-state index contributed by atoms with van der Waals surface area (Å²) in [5, 5.41) is 19.4. The molecule has 2 N–H and O–H groups in total. The number of hydrogen-bond acceptors (Lipinski definition) is 3. The molecule has 1 rings (SSSR count). The van der Waals surface area contributed by atoms with Crippen LogP contribution < -0.4 is 0 Å². The van der Waals surface area contributed by atoms with Gasteiger partial charge in [-0.2, -0.15) is 0 Å². The average Bonchev–Trinajstić information content (AvgIpc) is 2.19. The minimum absolute atomic E-state index is 0.0104. The van der Waals surface area contributed by atoms with E-state index in [4.69, 9.17) is 21.9 Å². The fourth-order valence-electron chi connectivity index (χ4n) is 1.07. The van der Waals surface area contributed by atoms with Crippen molar-refractivity contribution in [3.63, 3.8) is 0 Å². The van der Waals surface area contributed by atoms with Crippen LogP contribution in [-0.2, 0) is 4.79 Å². The Morgan fingerprint density at radius 2 is 2.13 bits per heavy atom. The predicted octanol–water partition coefficient (Wildman–Crippen LogP) is 2.65. The Kier molecular flexibility index (Phi) is 6.79. The van der Waals surface area contributed by atoms with Crippen molar-refractivity contribution in [1.82, 2.24) is 0 Å². The number of nitrogens with zero attached hydrogens (tertiary/aromatic N) is 1. The van der Waals surface area contributed by atoms with Gasteiger partial charge in [-0.15, -0.1) is 11.6 Å². The van der Waals surface area contributed by atoms with E-state index in [1.54, 1.807) is 0 Å². The molecule has 0 spiro atoms. The molecule has 1 saturated carbocycles. The monoisotopic (exact) mass is 233 g/mol. The summed E-state index contributed by atoms with van der Waals surface area (Å²) in [5.74, 6) is -0.935. The molecule has 0 radical (unpaired) electrons. The van der Waals surface area contributed by atoms with Crippen molar-refractivity contribution in [3.8, 4) is 0 Å². The molecule has 0 aromatic carbocycles. The second-order valence-corrected chi connectivity index (χ2v) is 3.92. The maximum atomic E-state index is 9.60. The lowest BCUT2D eigenvalue weighted by atomic mass is 9.98. The minimum atomic E-state index is -0.935. The molecule has 0 aliphatic heterocycles. The summed E-state index contributed by atoms with van der Waals surface area (Å²) in [6.07, 6.45) is 4.10. The second-order valence-electron chi connectivity index (χ2n) is 3.39. The highest BCUT2D eigenvalue weighted by atomic mass is 35.5. The molecule has 0 heterocycles. The zero-order valence-corrected chi connectivity index (χ0v) is 9.50. The van der Waals surface area contributed by atoms with Crippen LogP contribution in [0.5, 0.6) is 0 Å². The number of halogens is 1. The molecule has 4 nitrogen and oxygen atoms in total. The van der Waals surface area contributed by atoms with E-state index in [1.807, 2.05) is 0 Å².